The van der Waals surface area contributed by atoms with E-state index in [0.717, 1.165) is 16.5 Å². The summed E-state index contributed by atoms with van der Waals surface area (Å²) in [4.78, 5) is 18.4. The minimum Gasteiger partial charge on any atom is -0.321 e. The Labute approximate surface area is 97.8 Å². The fourth-order valence-corrected chi connectivity index (χ4v) is 3.49. The standard InChI is InChI=1S/C10H14BrO3P/c1-3-7-5-6-9(15(12,13)14)8(4-2)10(7)11/h5-6H,3-4H2,1-2H3,(H2,12,13,14). The molecule has 1 rings (SSSR count). The van der Waals surface area contributed by atoms with Crippen LogP contribution in [0.25, 0.3) is 0 Å². The summed E-state index contributed by atoms with van der Waals surface area (Å²) in [6, 6.07) is 3.29. The topological polar surface area (TPSA) is 57.5 Å². The molecule has 0 unspecified atom stereocenters. The number of halogens is 1. The van der Waals surface area contributed by atoms with Gasteiger partial charge in [0.1, 0.15) is 0 Å². The number of hydrogen-bond donors (Lipinski definition) is 2. The minimum absolute atomic E-state index is 0.133. The SMILES string of the molecule is CCc1ccc(P(=O)(O)O)c(CC)c1Br. The van der Waals surface area contributed by atoms with Gasteiger partial charge in [0, 0.05) is 4.47 Å². The van der Waals surface area contributed by atoms with Gasteiger partial charge in [0.05, 0.1) is 5.30 Å². The molecule has 84 valence electrons. The van der Waals surface area contributed by atoms with Crippen LogP contribution in [0, 0.1) is 0 Å². The van der Waals surface area contributed by atoms with Gasteiger partial charge in [-0.3, -0.25) is 4.57 Å². The molecular weight excluding hydrogens is 279 g/mol. The average Bonchev–Trinajstić information content (AvgIpc) is 2.15. The van der Waals surface area contributed by atoms with E-state index in [-0.39, 0.29) is 5.30 Å². The normalized spacial score (nSPS) is 11.8. The van der Waals surface area contributed by atoms with Crippen LogP contribution in [0.15, 0.2) is 16.6 Å². The van der Waals surface area contributed by atoms with E-state index in [1.807, 2.05) is 13.8 Å². The predicted molar refractivity (Wildman–Crippen MR) is 64.6 cm³/mol. The average molecular weight is 293 g/mol. The van der Waals surface area contributed by atoms with Crippen LogP contribution in [0.4, 0.5) is 0 Å². The van der Waals surface area contributed by atoms with E-state index in [9.17, 15) is 14.4 Å². The summed E-state index contributed by atoms with van der Waals surface area (Å²) in [6.45, 7) is 3.90. The second-order valence-electron chi connectivity index (χ2n) is 3.29. The van der Waals surface area contributed by atoms with Crippen molar-refractivity contribution in [1.82, 2.24) is 0 Å². The van der Waals surface area contributed by atoms with E-state index in [1.54, 1.807) is 6.07 Å². The van der Waals surface area contributed by atoms with Crippen molar-refractivity contribution in [3.8, 4) is 0 Å². The number of aryl methyl sites for hydroxylation is 1. The summed E-state index contributed by atoms with van der Waals surface area (Å²) in [5.74, 6) is 0. The van der Waals surface area contributed by atoms with Crippen molar-refractivity contribution >= 4 is 28.8 Å². The summed E-state index contributed by atoms with van der Waals surface area (Å²) >= 11 is 3.40. The molecule has 0 fully saturated rings. The van der Waals surface area contributed by atoms with E-state index in [4.69, 9.17) is 0 Å². The maximum absolute atomic E-state index is 11.2. The summed E-state index contributed by atoms with van der Waals surface area (Å²) < 4.78 is 12.1. The molecule has 0 heterocycles. The van der Waals surface area contributed by atoms with Crippen LogP contribution < -0.4 is 5.30 Å². The molecule has 0 bridgehead atoms. The maximum atomic E-state index is 11.2. The number of hydrogen-bond acceptors (Lipinski definition) is 1. The molecule has 15 heavy (non-hydrogen) atoms. The van der Waals surface area contributed by atoms with Crippen LogP contribution in [0.5, 0.6) is 0 Å². The summed E-state index contributed by atoms with van der Waals surface area (Å²) in [5, 5.41) is 0.133. The van der Waals surface area contributed by atoms with Gasteiger partial charge in [-0.05, 0) is 30.0 Å². The highest BCUT2D eigenvalue weighted by atomic mass is 79.9. The molecule has 0 aliphatic carbocycles. The quantitative estimate of drug-likeness (QED) is 0.841. The van der Waals surface area contributed by atoms with Crippen LogP contribution >= 0.6 is 23.5 Å². The molecule has 1 aromatic carbocycles. The van der Waals surface area contributed by atoms with E-state index in [1.165, 1.54) is 6.07 Å². The van der Waals surface area contributed by atoms with E-state index in [2.05, 4.69) is 15.9 Å². The Hall–Kier alpha value is -0.150. The van der Waals surface area contributed by atoms with Crippen molar-refractivity contribution in [2.75, 3.05) is 0 Å². The number of rotatable bonds is 3. The van der Waals surface area contributed by atoms with Crippen molar-refractivity contribution in [1.29, 1.82) is 0 Å². The lowest BCUT2D eigenvalue weighted by Crippen LogP contribution is -2.12. The highest BCUT2D eigenvalue weighted by Gasteiger charge is 2.22. The molecular formula is C10H14BrO3P. The Morgan fingerprint density at radius 1 is 1.27 bits per heavy atom. The second-order valence-corrected chi connectivity index (χ2v) is 5.65. The maximum Gasteiger partial charge on any atom is 0.356 e. The lowest BCUT2D eigenvalue weighted by Gasteiger charge is -2.14. The Morgan fingerprint density at radius 3 is 2.27 bits per heavy atom. The molecule has 0 amide bonds. The monoisotopic (exact) mass is 292 g/mol. The highest BCUT2D eigenvalue weighted by Crippen LogP contribution is 2.37. The zero-order chi connectivity index (χ0) is 11.6. The van der Waals surface area contributed by atoms with Gasteiger partial charge in [-0.2, -0.15) is 0 Å². The van der Waals surface area contributed by atoms with Gasteiger partial charge >= 0.3 is 7.60 Å². The van der Waals surface area contributed by atoms with Gasteiger partial charge in [0.15, 0.2) is 0 Å². The predicted octanol–water partition coefficient (Wildman–Crippen LogP) is 2.38. The molecule has 0 radical (unpaired) electrons. The minimum atomic E-state index is -4.16. The van der Waals surface area contributed by atoms with Crippen molar-refractivity contribution in [3.63, 3.8) is 0 Å². The zero-order valence-electron chi connectivity index (χ0n) is 8.70. The first-order chi connectivity index (χ1) is 6.91. The molecule has 0 aromatic heterocycles. The summed E-state index contributed by atoms with van der Waals surface area (Å²) in [5.41, 5.74) is 1.78. The van der Waals surface area contributed by atoms with Crippen LogP contribution in [0.2, 0.25) is 0 Å². The van der Waals surface area contributed by atoms with Crippen LogP contribution in [0.3, 0.4) is 0 Å². The highest BCUT2D eigenvalue weighted by molar-refractivity contribution is 9.10. The molecule has 0 saturated carbocycles. The summed E-state index contributed by atoms with van der Waals surface area (Å²) in [6.07, 6.45) is 1.45. The summed E-state index contributed by atoms with van der Waals surface area (Å²) in [7, 11) is -4.16. The molecule has 0 aliphatic heterocycles. The first kappa shape index (κ1) is 12.9. The van der Waals surface area contributed by atoms with E-state index < -0.39 is 7.60 Å². The Bertz CT molecular complexity index is 411. The Morgan fingerprint density at radius 2 is 1.87 bits per heavy atom. The van der Waals surface area contributed by atoms with Crippen molar-refractivity contribution < 1.29 is 14.4 Å². The third kappa shape index (κ3) is 2.70. The van der Waals surface area contributed by atoms with Crippen LogP contribution in [0.1, 0.15) is 25.0 Å². The molecule has 1 aromatic rings. The van der Waals surface area contributed by atoms with Gasteiger partial charge in [-0.15, -0.1) is 0 Å². The lowest BCUT2D eigenvalue weighted by molar-refractivity contribution is 0.387. The van der Waals surface area contributed by atoms with Crippen LogP contribution in [-0.4, -0.2) is 9.79 Å². The smallest absolute Gasteiger partial charge is 0.321 e. The largest absolute Gasteiger partial charge is 0.356 e. The van der Waals surface area contributed by atoms with Gasteiger partial charge in [-0.1, -0.05) is 35.8 Å². The van der Waals surface area contributed by atoms with Crippen molar-refractivity contribution in [2.45, 2.75) is 26.7 Å². The van der Waals surface area contributed by atoms with E-state index in [0.29, 0.717) is 12.0 Å². The molecule has 3 nitrogen and oxygen atoms in total. The van der Waals surface area contributed by atoms with Crippen LogP contribution in [-0.2, 0) is 17.4 Å². The van der Waals surface area contributed by atoms with Gasteiger partial charge in [-0.25, -0.2) is 0 Å². The van der Waals surface area contributed by atoms with Crippen molar-refractivity contribution in [3.05, 3.63) is 27.7 Å². The molecule has 5 heteroatoms. The van der Waals surface area contributed by atoms with E-state index >= 15 is 0 Å². The molecule has 0 spiro atoms. The first-order valence-corrected chi connectivity index (χ1v) is 7.18. The molecule has 0 aliphatic rings. The Balaban J connectivity index is 3.44. The van der Waals surface area contributed by atoms with Gasteiger partial charge in [0.25, 0.3) is 0 Å². The molecule has 0 atom stereocenters. The Kier molecular flexibility index (Phi) is 4.13. The second kappa shape index (κ2) is 4.79. The lowest BCUT2D eigenvalue weighted by atomic mass is 10.1. The third-order valence-corrected chi connectivity index (χ3v) is 4.38. The zero-order valence-corrected chi connectivity index (χ0v) is 11.2. The fraction of sp³-hybridized carbons (Fsp3) is 0.400. The third-order valence-electron chi connectivity index (χ3n) is 2.35. The fourth-order valence-electron chi connectivity index (χ4n) is 1.54. The van der Waals surface area contributed by atoms with Crippen molar-refractivity contribution in [2.24, 2.45) is 0 Å². The number of benzene rings is 1. The molecule has 2 N–H and O–H groups in total. The molecule has 0 saturated heterocycles. The van der Waals surface area contributed by atoms with Gasteiger partial charge < -0.3 is 9.79 Å². The van der Waals surface area contributed by atoms with Gasteiger partial charge in [0.2, 0.25) is 0 Å². The first-order valence-electron chi connectivity index (χ1n) is 4.78.